The molecule has 1 fully saturated rings. The smallest absolute Gasteiger partial charge is 0.168 e. The fourth-order valence-corrected chi connectivity index (χ4v) is 5.64. The van der Waals surface area contributed by atoms with Gasteiger partial charge in [-0.25, -0.2) is 0 Å². The van der Waals surface area contributed by atoms with Crippen molar-refractivity contribution in [2.24, 2.45) is 11.3 Å². The predicted molar refractivity (Wildman–Crippen MR) is 133 cm³/mol. The van der Waals surface area contributed by atoms with E-state index in [1.54, 1.807) is 34.5 Å². The number of ether oxygens (including phenoxy) is 5. The quantitative estimate of drug-likeness (QED) is 0.574. The first-order valence-corrected chi connectivity index (χ1v) is 11.7. The Morgan fingerprint density at radius 1 is 0.912 bits per heavy atom. The lowest BCUT2D eigenvalue weighted by Crippen LogP contribution is -2.58. The van der Waals surface area contributed by atoms with Crippen molar-refractivity contribution in [3.8, 4) is 28.7 Å². The first-order chi connectivity index (χ1) is 16.2. The Morgan fingerprint density at radius 3 is 2.29 bits per heavy atom. The summed E-state index contributed by atoms with van der Waals surface area (Å²) in [6, 6.07) is 7.85. The number of fused-ring (bicyclic) bond motifs is 2. The van der Waals surface area contributed by atoms with Crippen molar-refractivity contribution in [1.82, 2.24) is 0 Å². The summed E-state index contributed by atoms with van der Waals surface area (Å²) >= 11 is 0. The van der Waals surface area contributed by atoms with Crippen LogP contribution in [0.15, 0.2) is 24.3 Å². The maximum absolute atomic E-state index is 10.7. The van der Waals surface area contributed by atoms with Crippen LogP contribution >= 0.6 is 0 Å². The van der Waals surface area contributed by atoms with Crippen LogP contribution in [0.3, 0.4) is 0 Å². The van der Waals surface area contributed by atoms with Gasteiger partial charge in [0.2, 0.25) is 0 Å². The first kappa shape index (κ1) is 24.3. The number of benzene rings is 2. The third-order valence-electron chi connectivity index (χ3n) is 7.71. The molecule has 0 saturated heterocycles. The van der Waals surface area contributed by atoms with Crippen LogP contribution in [0.25, 0.3) is 12.2 Å². The summed E-state index contributed by atoms with van der Waals surface area (Å²) in [4.78, 5) is 0. The zero-order valence-corrected chi connectivity index (χ0v) is 21.2. The highest BCUT2D eigenvalue weighted by Gasteiger charge is 2.54. The summed E-state index contributed by atoms with van der Waals surface area (Å²) in [5.74, 6) is 3.66. The molecule has 3 unspecified atom stereocenters. The lowest BCUT2D eigenvalue weighted by Gasteiger charge is -2.55. The van der Waals surface area contributed by atoms with E-state index in [0.29, 0.717) is 17.2 Å². The van der Waals surface area contributed by atoms with E-state index in [2.05, 4.69) is 26.8 Å². The minimum absolute atomic E-state index is 0.197. The molecule has 0 bridgehead atoms. The molecule has 184 valence electrons. The van der Waals surface area contributed by atoms with Gasteiger partial charge in [-0.3, -0.25) is 0 Å². The summed E-state index contributed by atoms with van der Waals surface area (Å²) in [6.45, 7) is 6.47. The molecule has 1 aliphatic heterocycles. The van der Waals surface area contributed by atoms with Gasteiger partial charge >= 0.3 is 0 Å². The Hall–Kier alpha value is -2.86. The second-order valence-corrected chi connectivity index (χ2v) is 10.0. The van der Waals surface area contributed by atoms with Gasteiger partial charge in [0.1, 0.15) is 11.4 Å². The molecule has 3 atom stereocenters. The van der Waals surface area contributed by atoms with Crippen molar-refractivity contribution in [3.63, 3.8) is 0 Å². The Balaban J connectivity index is 1.74. The molecule has 1 saturated carbocycles. The van der Waals surface area contributed by atoms with Gasteiger partial charge in [0, 0.05) is 17.5 Å². The van der Waals surface area contributed by atoms with E-state index in [1.807, 2.05) is 24.3 Å². The number of aliphatic hydroxyl groups excluding tert-OH is 1. The summed E-state index contributed by atoms with van der Waals surface area (Å²) in [6.07, 6.45) is 6.05. The maximum Gasteiger partial charge on any atom is 0.168 e. The topological polar surface area (TPSA) is 66.4 Å². The molecule has 6 nitrogen and oxygen atoms in total. The molecule has 0 spiro atoms. The maximum atomic E-state index is 10.7. The van der Waals surface area contributed by atoms with E-state index in [1.165, 1.54) is 0 Å². The predicted octanol–water partition coefficient (Wildman–Crippen LogP) is 5.38. The molecule has 2 aromatic carbocycles. The molecule has 1 N–H and O–H groups in total. The third kappa shape index (κ3) is 4.09. The van der Waals surface area contributed by atoms with Crippen molar-refractivity contribution in [2.75, 3.05) is 28.4 Å². The lowest BCUT2D eigenvalue weighted by molar-refractivity contribution is -0.138. The van der Waals surface area contributed by atoms with Gasteiger partial charge in [-0.1, -0.05) is 26.0 Å². The number of rotatable bonds is 6. The highest BCUT2D eigenvalue weighted by atomic mass is 16.5. The van der Waals surface area contributed by atoms with Crippen LogP contribution in [0.2, 0.25) is 0 Å². The number of hydrogen-bond acceptors (Lipinski definition) is 6. The van der Waals surface area contributed by atoms with Crippen molar-refractivity contribution in [3.05, 3.63) is 41.0 Å². The van der Waals surface area contributed by atoms with Crippen LogP contribution < -0.4 is 23.7 Å². The molecule has 1 heterocycles. The first-order valence-electron chi connectivity index (χ1n) is 11.7. The summed E-state index contributed by atoms with van der Waals surface area (Å²) < 4.78 is 28.9. The summed E-state index contributed by atoms with van der Waals surface area (Å²) in [7, 11) is 6.53. The molecule has 0 amide bonds. The van der Waals surface area contributed by atoms with Gasteiger partial charge in [0.05, 0.1) is 34.5 Å². The zero-order chi connectivity index (χ0) is 24.7. The van der Waals surface area contributed by atoms with Gasteiger partial charge < -0.3 is 28.8 Å². The van der Waals surface area contributed by atoms with E-state index in [4.69, 9.17) is 23.7 Å². The Kier molecular flexibility index (Phi) is 6.47. The van der Waals surface area contributed by atoms with Crippen LogP contribution in [-0.2, 0) is 6.42 Å². The molecule has 2 aromatic rings. The number of hydrogen-bond donors (Lipinski definition) is 1. The average Bonchev–Trinajstić information content (AvgIpc) is 2.83. The van der Waals surface area contributed by atoms with Gasteiger partial charge in [-0.15, -0.1) is 0 Å². The van der Waals surface area contributed by atoms with Crippen LogP contribution in [0.1, 0.15) is 50.3 Å². The van der Waals surface area contributed by atoms with E-state index >= 15 is 0 Å². The zero-order valence-electron chi connectivity index (χ0n) is 21.2. The molecule has 34 heavy (non-hydrogen) atoms. The molecular formula is C28H36O6. The average molecular weight is 469 g/mol. The van der Waals surface area contributed by atoms with Gasteiger partial charge in [0.15, 0.2) is 23.0 Å². The second-order valence-electron chi connectivity index (χ2n) is 10.0. The molecule has 4 rings (SSSR count). The highest BCUT2D eigenvalue weighted by Crippen LogP contribution is 2.55. The van der Waals surface area contributed by atoms with Crippen molar-refractivity contribution in [2.45, 2.75) is 51.7 Å². The van der Waals surface area contributed by atoms with Crippen LogP contribution in [0, 0.1) is 11.3 Å². The molecular weight excluding hydrogens is 432 g/mol. The lowest BCUT2D eigenvalue weighted by atomic mass is 9.57. The fourth-order valence-electron chi connectivity index (χ4n) is 5.64. The fraction of sp³-hybridized carbons (Fsp3) is 0.500. The minimum Gasteiger partial charge on any atom is -0.497 e. The molecule has 1 aliphatic carbocycles. The Morgan fingerprint density at radius 2 is 1.65 bits per heavy atom. The molecule has 6 heteroatoms. The van der Waals surface area contributed by atoms with Crippen LogP contribution in [0.4, 0.5) is 0 Å². The largest absolute Gasteiger partial charge is 0.497 e. The van der Waals surface area contributed by atoms with Crippen molar-refractivity contribution in [1.29, 1.82) is 0 Å². The van der Waals surface area contributed by atoms with Crippen LogP contribution in [-0.4, -0.2) is 45.3 Å². The third-order valence-corrected chi connectivity index (χ3v) is 7.71. The number of methoxy groups -OCH3 is 4. The van der Waals surface area contributed by atoms with E-state index in [-0.39, 0.29) is 23.0 Å². The highest BCUT2D eigenvalue weighted by molar-refractivity contribution is 5.76. The molecule has 2 aliphatic rings. The SMILES string of the molecule is COc1cc(C=Cc2cc3c(c(OC)c2)OC2(C)CCC(O)C(C)(C)C2C3)c(OC)c(OC)c1. The van der Waals surface area contributed by atoms with Crippen molar-refractivity contribution >= 4 is 12.2 Å². The standard InChI is InChI=1S/C28H36O6/c1-27(2)23-15-19-12-17(8-9-18-14-20(30-4)16-22(32-6)25(18)33-7)13-21(31-5)26(19)34-28(23,3)11-10-24(27)29/h8-9,12-14,16,23-24,29H,10-11,15H2,1-7H3. The number of aliphatic hydroxyl groups is 1. The van der Waals surface area contributed by atoms with Crippen LogP contribution in [0.5, 0.6) is 28.7 Å². The Bertz CT molecular complexity index is 1090. The van der Waals surface area contributed by atoms with Gasteiger partial charge in [-0.05, 0) is 60.9 Å². The van der Waals surface area contributed by atoms with E-state index < -0.39 is 0 Å². The van der Waals surface area contributed by atoms with Gasteiger partial charge in [0.25, 0.3) is 0 Å². The minimum atomic E-state index is -0.337. The normalized spacial score (nSPS) is 25.2. The Labute approximate surface area is 202 Å². The second kappa shape index (κ2) is 9.06. The molecule has 0 aromatic heterocycles. The van der Waals surface area contributed by atoms with Gasteiger partial charge in [-0.2, -0.15) is 0 Å². The summed E-state index contributed by atoms with van der Waals surface area (Å²) in [5.41, 5.74) is 2.36. The molecule has 0 radical (unpaired) electrons. The van der Waals surface area contributed by atoms with E-state index in [9.17, 15) is 5.11 Å². The monoisotopic (exact) mass is 468 g/mol. The summed E-state index contributed by atoms with van der Waals surface area (Å²) in [5, 5.41) is 10.7. The van der Waals surface area contributed by atoms with E-state index in [0.717, 1.165) is 47.5 Å². The van der Waals surface area contributed by atoms with Crippen molar-refractivity contribution < 1.29 is 28.8 Å².